The second-order valence-electron chi connectivity index (χ2n) is 2.44. The van der Waals surface area contributed by atoms with Crippen LogP contribution in [0.2, 0.25) is 0 Å². The predicted molar refractivity (Wildman–Crippen MR) is 49.3 cm³/mol. The summed E-state index contributed by atoms with van der Waals surface area (Å²) in [5.41, 5.74) is 5.56. The Kier molecular flexibility index (Phi) is 3.35. The Balaban J connectivity index is 2.42. The van der Waals surface area contributed by atoms with Crippen molar-refractivity contribution in [2.75, 3.05) is 24.6 Å². The Morgan fingerprint density at radius 1 is 1.36 bits per heavy atom. The maximum Gasteiger partial charge on any atom is 0.213 e. The van der Waals surface area contributed by atoms with Gasteiger partial charge in [-0.05, 0) is 12.2 Å². The molecule has 0 bridgehead atoms. The van der Waals surface area contributed by atoms with E-state index in [-0.39, 0.29) is 0 Å². The Labute approximate surface area is 71.0 Å². The minimum atomic E-state index is 0.465. The molecule has 4 N–H and O–H groups in total. The molecule has 0 aromatic heterocycles. The molecular weight excluding hydrogens is 160 g/mol. The van der Waals surface area contributed by atoms with Crippen molar-refractivity contribution in [2.45, 2.75) is 6.42 Å². The molecule has 0 aliphatic carbocycles. The molecule has 1 aliphatic heterocycles. The van der Waals surface area contributed by atoms with Gasteiger partial charge in [0.2, 0.25) is 5.96 Å². The third kappa shape index (κ3) is 2.49. The van der Waals surface area contributed by atoms with Crippen molar-refractivity contribution < 1.29 is 0 Å². The number of hydrogen-bond donors (Lipinski definition) is 2. The van der Waals surface area contributed by atoms with Crippen LogP contribution in [0.4, 0.5) is 0 Å². The largest absolute Gasteiger partial charge is 0.368 e. The van der Waals surface area contributed by atoms with Gasteiger partial charge in [0.1, 0.15) is 0 Å². The van der Waals surface area contributed by atoms with E-state index in [4.69, 9.17) is 11.6 Å². The van der Waals surface area contributed by atoms with Gasteiger partial charge in [0.15, 0.2) is 0 Å². The number of thioether (sulfide) groups is 1. The number of nitrogens with zero attached hydrogens (tertiary/aromatic N) is 2. The fraction of sp³-hybridized carbons (Fsp3) is 0.833. The first-order chi connectivity index (χ1) is 5.34. The smallest absolute Gasteiger partial charge is 0.213 e. The van der Waals surface area contributed by atoms with Gasteiger partial charge in [0.25, 0.3) is 0 Å². The molecule has 1 aliphatic rings. The average Bonchev–Trinajstić information content (AvgIpc) is 2.30. The molecule has 1 heterocycles. The molecule has 0 spiro atoms. The van der Waals surface area contributed by atoms with Gasteiger partial charge >= 0.3 is 0 Å². The van der Waals surface area contributed by atoms with E-state index in [9.17, 15) is 0 Å². The van der Waals surface area contributed by atoms with E-state index >= 15 is 0 Å². The van der Waals surface area contributed by atoms with Crippen LogP contribution < -0.4 is 11.6 Å². The minimum absolute atomic E-state index is 0.465. The highest BCUT2D eigenvalue weighted by Crippen LogP contribution is 2.08. The molecule has 11 heavy (non-hydrogen) atoms. The summed E-state index contributed by atoms with van der Waals surface area (Å²) in [6, 6.07) is 0. The van der Waals surface area contributed by atoms with Gasteiger partial charge in [-0.2, -0.15) is 11.8 Å². The molecule has 5 heteroatoms. The fourth-order valence-corrected chi connectivity index (χ4v) is 1.94. The van der Waals surface area contributed by atoms with Gasteiger partial charge in [0, 0.05) is 18.8 Å². The Hall–Kier alpha value is -0.580. The second kappa shape index (κ2) is 4.33. The van der Waals surface area contributed by atoms with Crippen LogP contribution in [0, 0.1) is 0 Å². The summed E-state index contributed by atoms with van der Waals surface area (Å²) in [7, 11) is 0. The van der Waals surface area contributed by atoms with Crippen molar-refractivity contribution in [3.63, 3.8) is 0 Å². The number of guanidine groups is 1. The van der Waals surface area contributed by atoms with Crippen LogP contribution in [0.25, 0.3) is 0 Å². The number of hydrazone groups is 1. The van der Waals surface area contributed by atoms with Crippen molar-refractivity contribution in [1.29, 1.82) is 0 Å². The van der Waals surface area contributed by atoms with Crippen LogP contribution >= 0.6 is 11.8 Å². The summed E-state index contributed by atoms with van der Waals surface area (Å²) < 4.78 is 0. The molecule has 0 atom stereocenters. The van der Waals surface area contributed by atoms with Crippen molar-refractivity contribution in [1.82, 2.24) is 4.90 Å². The molecule has 1 saturated heterocycles. The number of nitrogens with two attached hydrogens (primary N) is 2. The van der Waals surface area contributed by atoms with Crippen molar-refractivity contribution in [3.8, 4) is 0 Å². The first-order valence-corrected chi connectivity index (χ1v) is 4.86. The zero-order chi connectivity index (χ0) is 8.10. The summed E-state index contributed by atoms with van der Waals surface area (Å²) in [4.78, 5) is 2.03. The van der Waals surface area contributed by atoms with E-state index in [0.717, 1.165) is 18.8 Å². The number of hydrogen-bond acceptors (Lipinski definition) is 3. The average molecular weight is 174 g/mol. The highest BCUT2D eigenvalue weighted by atomic mass is 32.2. The Morgan fingerprint density at radius 3 is 2.91 bits per heavy atom. The van der Waals surface area contributed by atoms with Crippen LogP contribution in [-0.2, 0) is 0 Å². The van der Waals surface area contributed by atoms with Gasteiger partial charge in [-0.25, -0.2) is 0 Å². The molecular formula is C6H14N4S. The normalized spacial score (nSPS) is 21.5. The second-order valence-corrected chi connectivity index (χ2v) is 3.67. The standard InChI is InChI=1S/C6H14N4S/c7-6(9-8)10-2-1-4-11-5-3-10/h1-5,8H2,(H2,7,9). The van der Waals surface area contributed by atoms with Gasteiger partial charge in [-0.1, -0.05) is 0 Å². The van der Waals surface area contributed by atoms with Gasteiger partial charge < -0.3 is 16.5 Å². The summed E-state index contributed by atoms with van der Waals surface area (Å²) in [6.07, 6.45) is 1.17. The molecule has 1 fully saturated rings. The zero-order valence-electron chi connectivity index (χ0n) is 6.49. The predicted octanol–water partition coefficient (Wildman–Crippen LogP) is -0.386. The topological polar surface area (TPSA) is 67.6 Å². The Bertz CT molecular complexity index is 140. The highest BCUT2D eigenvalue weighted by Gasteiger charge is 2.09. The molecule has 0 radical (unpaired) electrons. The van der Waals surface area contributed by atoms with E-state index in [1.165, 1.54) is 12.2 Å². The maximum absolute atomic E-state index is 5.56. The minimum Gasteiger partial charge on any atom is -0.368 e. The van der Waals surface area contributed by atoms with E-state index in [0.29, 0.717) is 5.96 Å². The SMILES string of the molecule is NN=C(N)N1CCCSCC1. The lowest BCUT2D eigenvalue weighted by Crippen LogP contribution is -2.39. The van der Waals surface area contributed by atoms with E-state index in [1.807, 2.05) is 16.7 Å². The summed E-state index contributed by atoms with van der Waals surface area (Å²) in [5.74, 6) is 7.87. The van der Waals surface area contributed by atoms with Crippen molar-refractivity contribution in [3.05, 3.63) is 0 Å². The third-order valence-electron chi connectivity index (χ3n) is 1.68. The van der Waals surface area contributed by atoms with Gasteiger partial charge in [0.05, 0.1) is 0 Å². The lowest BCUT2D eigenvalue weighted by Gasteiger charge is -2.19. The molecule has 1 rings (SSSR count). The summed E-state index contributed by atoms with van der Waals surface area (Å²) in [5, 5.41) is 3.46. The quantitative estimate of drug-likeness (QED) is 0.227. The van der Waals surface area contributed by atoms with E-state index < -0.39 is 0 Å². The van der Waals surface area contributed by atoms with Crippen LogP contribution in [0.1, 0.15) is 6.42 Å². The lowest BCUT2D eigenvalue weighted by atomic mass is 10.4. The van der Waals surface area contributed by atoms with E-state index in [1.54, 1.807) is 0 Å². The van der Waals surface area contributed by atoms with Crippen LogP contribution in [0.15, 0.2) is 5.10 Å². The molecule has 0 unspecified atom stereocenters. The van der Waals surface area contributed by atoms with Crippen molar-refractivity contribution in [2.24, 2.45) is 16.7 Å². The van der Waals surface area contributed by atoms with Crippen LogP contribution in [0.3, 0.4) is 0 Å². The first-order valence-electron chi connectivity index (χ1n) is 3.70. The molecule has 0 aromatic carbocycles. The Morgan fingerprint density at radius 2 is 2.18 bits per heavy atom. The van der Waals surface area contributed by atoms with E-state index in [2.05, 4.69) is 5.10 Å². The first kappa shape index (κ1) is 8.52. The van der Waals surface area contributed by atoms with Gasteiger partial charge in [-0.3, -0.25) is 0 Å². The van der Waals surface area contributed by atoms with Crippen LogP contribution in [0.5, 0.6) is 0 Å². The molecule has 0 amide bonds. The fourth-order valence-electron chi connectivity index (χ4n) is 1.06. The lowest BCUT2D eigenvalue weighted by molar-refractivity contribution is 0.444. The molecule has 4 nitrogen and oxygen atoms in total. The third-order valence-corrected chi connectivity index (χ3v) is 2.73. The molecule has 0 aromatic rings. The molecule has 0 saturated carbocycles. The summed E-state index contributed by atoms with van der Waals surface area (Å²) in [6.45, 7) is 1.96. The highest BCUT2D eigenvalue weighted by molar-refractivity contribution is 7.99. The zero-order valence-corrected chi connectivity index (χ0v) is 7.31. The maximum atomic E-state index is 5.56. The van der Waals surface area contributed by atoms with Crippen molar-refractivity contribution >= 4 is 17.7 Å². The molecule has 64 valence electrons. The monoisotopic (exact) mass is 174 g/mol. The number of rotatable bonds is 0. The summed E-state index contributed by atoms with van der Waals surface area (Å²) >= 11 is 1.95. The van der Waals surface area contributed by atoms with Gasteiger partial charge in [-0.15, -0.1) is 5.10 Å². The van der Waals surface area contributed by atoms with Crippen LogP contribution in [-0.4, -0.2) is 35.5 Å².